The standard InChI is InChI=1S/C34H38N4O4/c1-5-7-20-36(34(40)35-25-16-14-24(6-2)15-17-25)23-32(39)38-29-12-9-8-11-28(29)37-21-10-13-30(37)33(38)27-22-26(41-3)18-19-31(27)42-4/h8-19,21-22,33H,5-7,20,23H2,1-4H3,(H,35,40)/t33-/m1/s1. The van der Waals surface area contributed by atoms with Gasteiger partial charge >= 0.3 is 6.03 Å². The van der Waals surface area contributed by atoms with Gasteiger partial charge in [-0.1, -0.05) is 44.5 Å². The minimum Gasteiger partial charge on any atom is -0.497 e. The number of ether oxygens (including phenoxy) is 2. The molecule has 0 fully saturated rings. The van der Waals surface area contributed by atoms with E-state index in [1.807, 2.05) is 85.1 Å². The second kappa shape index (κ2) is 12.9. The number of rotatable bonds is 10. The first-order chi connectivity index (χ1) is 20.5. The number of amides is 3. The molecule has 218 valence electrons. The Hall–Kier alpha value is -4.72. The van der Waals surface area contributed by atoms with Crippen LogP contribution in [0.1, 0.15) is 49.6 Å². The van der Waals surface area contributed by atoms with Crippen molar-refractivity contribution >= 4 is 23.3 Å². The summed E-state index contributed by atoms with van der Waals surface area (Å²) in [5.74, 6) is 1.10. The van der Waals surface area contributed by atoms with Crippen LogP contribution in [0.5, 0.6) is 11.5 Å². The normalized spacial score (nSPS) is 13.6. The average molecular weight is 567 g/mol. The summed E-state index contributed by atoms with van der Waals surface area (Å²) < 4.78 is 13.4. The number of carbonyl (C=O) groups excluding carboxylic acids is 2. The number of aryl methyl sites for hydroxylation is 1. The molecule has 0 radical (unpaired) electrons. The van der Waals surface area contributed by atoms with Crippen LogP contribution < -0.4 is 19.7 Å². The zero-order chi connectivity index (χ0) is 29.6. The van der Waals surface area contributed by atoms with E-state index in [1.165, 1.54) is 5.56 Å². The van der Waals surface area contributed by atoms with Crippen LogP contribution in [0.3, 0.4) is 0 Å². The number of nitrogens with one attached hydrogen (secondary N) is 1. The van der Waals surface area contributed by atoms with Gasteiger partial charge in [0, 0.05) is 24.0 Å². The number of para-hydroxylation sites is 2. The van der Waals surface area contributed by atoms with Gasteiger partial charge in [-0.25, -0.2) is 4.79 Å². The number of unbranched alkanes of at least 4 members (excludes halogenated alkanes) is 1. The largest absolute Gasteiger partial charge is 0.497 e. The van der Waals surface area contributed by atoms with Crippen molar-refractivity contribution in [2.24, 2.45) is 0 Å². The summed E-state index contributed by atoms with van der Waals surface area (Å²) in [7, 11) is 3.24. The molecule has 5 rings (SSSR count). The van der Waals surface area contributed by atoms with Crippen LogP contribution in [0.2, 0.25) is 0 Å². The molecule has 0 spiro atoms. The van der Waals surface area contributed by atoms with Crippen molar-refractivity contribution in [3.63, 3.8) is 0 Å². The van der Waals surface area contributed by atoms with Crippen molar-refractivity contribution in [2.75, 3.05) is 37.5 Å². The quantitative estimate of drug-likeness (QED) is 0.228. The van der Waals surface area contributed by atoms with Crippen LogP contribution in [-0.4, -0.2) is 48.7 Å². The van der Waals surface area contributed by atoms with Crippen molar-refractivity contribution in [1.82, 2.24) is 9.47 Å². The van der Waals surface area contributed by atoms with Crippen molar-refractivity contribution in [3.8, 4) is 17.2 Å². The summed E-state index contributed by atoms with van der Waals surface area (Å²) in [6, 6.07) is 24.4. The lowest BCUT2D eigenvalue weighted by atomic mass is 9.96. The smallest absolute Gasteiger partial charge is 0.322 e. The van der Waals surface area contributed by atoms with Gasteiger partial charge in [0.15, 0.2) is 0 Å². The number of hydrogen-bond acceptors (Lipinski definition) is 4. The summed E-state index contributed by atoms with van der Waals surface area (Å²) in [5, 5.41) is 2.99. The number of anilines is 2. The minimum absolute atomic E-state index is 0.0866. The molecule has 0 aliphatic carbocycles. The molecule has 1 aliphatic rings. The van der Waals surface area contributed by atoms with E-state index in [1.54, 1.807) is 24.0 Å². The van der Waals surface area contributed by atoms with Gasteiger partial charge in [0.1, 0.15) is 24.1 Å². The minimum atomic E-state index is -0.509. The Morgan fingerprint density at radius 3 is 2.36 bits per heavy atom. The zero-order valence-electron chi connectivity index (χ0n) is 24.7. The number of benzene rings is 3. The van der Waals surface area contributed by atoms with E-state index in [2.05, 4.69) is 23.7 Å². The molecule has 3 aromatic carbocycles. The van der Waals surface area contributed by atoms with Crippen molar-refractivity contribution in [3.05, 3.63) is 102 Å². The predicted molar refractivity (Wildman–Crippen MR) is 166 cm³/mol. The highest BCUT2D eigenvalue weighted by molar-refractivity contribution is 6.01. The first kappa shape index (κ1) is 28.8. The number of aromatic nitrogens is 1. The van der Waals surface area contributed by atoms with Crippen LogP contribution >= 0.6 is 0 Å². The Morgan fingerprint density at radius 2 is 1.67 bits per heavy atom. The van der Waals surface area contributed by atoms with Gasteiger partial charge in [0.2, 0.25) is 5.91 Å². The van der Waals surface area contributed by atoms with Crippen molar-refractivity contribution in [2.45, 2.75) is 39.2 Å². The molecule has 1 aromatic heterocycles. The Kier molecular flexibility index (Phi) is 8.81. The predicted octanol–water partition coefficient (Wildman–Crippen LogP) is 6.83. The van der Waals surface area contributed by atoms with Gasteiger partial charge in [-0.05, 0) is 73.0 Å². The lowest BCUT2D eigenvalue weighted by molar-refractivity contribution is -0.119. The van der Waals surface area contributed by atoms with E-state index in [0.717, 1.165) is 41.9 Å². The maximum Gasteiger partial charge on any atom is 0.322 e. The molecule has 0 saturated heterocycles. The van der Waals surface area contributed by atoms with E-state index in [0.29, 0.717) is 23.7 Å². The second-order valence-corrected chi connectivity index (χ2v) is 10.3. The first-order valence-corrected chi connectivity index (χ1v) is 14.4. The summed E-state index contributed by atoms with van der Waals surface area (Å²) in [5.41, 5.74) is 5.25. The van der Waals surface area contributed by atoms with Gasteiger partial charge in [-0.3, -0.25) is 9.69 Å². The van der Waals surface area contributed by atoms with E-state index in [4.69, 9.17) is 9.47 Å². The zero-order valence-corrected chi connectivity index (χ0v) is 24.7. The van der Waals surface area contributed by atoms with Crippen molar-refractivity contribution < 1.29 is 19.1 Å². The molecule has 3 amide bonds. The third kappa shape index (κ3) is 5.70. The number of methoxy groups -OCH3 is 2. The van der Waals surface area contributed by atoms with Gasteiger partial charge in [0.25, 0.3) is 0 Å². The van der Waals surface area contributed by atoms with E-state index < -0.39 is 6.04 Å². The molecule has 4 aromatic rings. The third-order valence-corrected chi connectivity index (χ3v) is 7.73. The first-order valence-electron chi connectivity index (χ1n) is 14.4. The van der Waals surface area contributed by atoms with Gasteiger partial charge in [-0.15, -0.1) is 0 Å². The summed E-state index contributed by atoms with van der Waals surface area (Å²) >= 11 is 0. The number of carbonyl (C=O) groups is 2. The molecule has 1 aliphatic heterocycles. The van der Waals surface area contributed by atoms with Gasteiger partial charge in [0.05, 0.1) is 31.3 Å². The number of urea groups is 1. The maximum atomic E-state index is 14.5. The average Bonchev–Trinajstić information content (AvgIpc) is 3.52. The lowest BCUT2D eigenvalue weighted by Gasteiger charge is -2.40. The van der Waals surface area contributed by atoms with Crippen LogP contribution in [0.4, 0.5) is 16.2 Å². The molecule has 1 N–H and O–H groups in total. The third-order valence-electron chi connectivity index (χ3n) is 7.73. The Morgan fingerprint density at radius 1 is 0.905 bits per heavy atom. The fourth-order valence-electron chi connectivity index (χ4n) is 5.48. The van der Waals surface area contributed by atoms with E-state index in [9.17, 15) is 9.59 Å². The topological polar surface area (TPSA) is 76.0 Å². The lowest BCUT2D eigenvalue weighted by Crippen LogP contribution is -2.48. The molecule has 1 atom stereocenters. The highest BCUT2D eigenvalue weighted by atomic mass is 16.5. The molecule has 0 saturated carbocycles. The molecule has 42 heavy (non-hydrogen) atoms. The Labute approximate surface area is 247 Å². The van der Waals surface area contributed by atoms with Crippen LogP contribution in [0.25, 0.3) is 5.69 Å². The highest BCUT2D eigenvalue weighted by Gasteiger charge is 2.38. The highest BCUT2D eigenvalue weighted by Crippen LogP contribution is 2.45. The molecule has 2 heterocycles. The number of nitrogens with zero attached hydrogens (tertiary/aromatic N) is 3. The molecule has 0 bridgehead atoms. The summed E-state index contributed by atoms with van der Waals surface area (Å²) in [6.45, 7) is 4.54. The Bertz CT molecular complexity index is 1550. The van der Waals surface area contributed by atoms with Gasteiger partial charge < -0.3 is 24.3 Å². The summed E-state index contributed by atoms with van der Waals surface area (Å²) in [6.07, 6.45) is 4.60. The van der Waals surface area contributed by atoms with Crippen LogP contribution in [0, 0.1) is 0 Å². The molecule has 0 unspecified atom stereocenters. The number of fused-ring (bicyclic) bond motifs is 3. The number of hydrogen-bond donors (Lipinski definition) is 1. The Balaban J connectivity index is 1.53. The van der Waals surface area contributed by atoms with E-state index >= 15 is 0 Å². The second-order valence-electron chi connectivity index (χ2n) is 10.3. The van der Waals surface area contributed by atoms with Crippen LogP contribution in [0.15, 0.2) is 85.1 Å². The maximum absolute atomic E-state index is 14.5. The van der Waals surface area contributed by atoms with Gasteiger partial charge in [-0.2, -0.15) is 0 Å². The molecule has 8 nitrogen and oxygen atoms in total. The molecular weight excluding hydrogens is 528 g/mol. The summed E-state index contributed by atoms with van der Waals surface area (Å²) in [4.78, 5) is 31.4. The van der Waals surface area contributed by atoms with E-state index in [-0.39, 0.29) is 18.5 Å². The monoisotopic (exact) mass is 566 g/mol. The SMILES string of the molecule is CCCCN(CC(=O)N1c2ccccc2-n2cccc2[C@H]1c1cc(OC)ccc1OC)C(=O)Nc1ccc(CC)cc1. The molecular formula is C34H38N4O4. The van der Waals surface area contributed by atoms with Crippen LogP contribution in [-0.2, 0) is 11.2 Å². The fourth-order valence-corrected chi connectivity index (χ4v) is 5.48. The molecule has 8 heteroatoms. The van der Waals surface area contributed by atoms with Crippen molar-refractivity contribution in [1.29, 1.82) is 0 Å². The fraction of sp³-hybridized carbons (Fsp3) is 0.294.